The van der Waals surface area contributed by atoms with Crippen LogP contribution >= 0.6 is 0 Å². The van der Waals surface area contributed by atoms with Crippen LogP contribution < -0.4 is 4.74 Å². The molecular formula is C32H37FN4O3. The van der Waals surface area contributed by atoms with E-state index in [1.165, 1.54) is 6.07 Å². The molecule has 0 spiro atoms. The Hall–Kier alpha value is -3.78. The number of carboxylic acid groups (broad SMARTS) is 1. The Morgan fingerprint density at radius 1 is 1.18 bits per heavy atom. The molecule has 1 aliphatic heterocycles. The van der Waals surface area contributed by atoms with Gasteiger partial charge in [-0.2, -0.15) is 0 Å². The summed E-state index contributed by atoms with van der Waals surface area (Å²) in [6.07, 6.45) is 0.834. The summed E-state index contributed by atoms with van der Waals surface area (Å²) >= 11 is 0. The molecule has 0 fully saturated rings. The molecular weight excluding hydrogens is 507 g/mol. The number of hydrogen-bond acceptors (Lipinski definition) is 5. The van der Waals surface area contributed by atoms with E-state index in [0.717, 1.165) is 56.6 Å². The first-order valence-corrected chi connectivity index (χ1v) is 13.8. The van der Waals surface area contributed by atoms with Crippen molar-refractivity contribution in [3.8, 4) is 5.75 Å². The lowest BCUT2D eigenvalue weighted by atomic mass is 9.69. The zero-order valence-electron chi connectivity index (χ0n) is 24.0. The van der Waals surface area contributed by atoms with Gasteiger partial charge in [0.1, 0.15) is 23.2 Å². The molecule has 0 saturated heterocycles. The Balaban J connectivity index is 1.56. The Morgan fingerprint density at radius 2 is 1.95 bits per heavy atom. The van der Waals surface area contributed by atoms with Crippen LogP contribution in [0.15, 0.2) is 48.5 Å². The number of carbonyl (C=O) groups is 1. The van der Waals surface area contributed by atoms with Gasteiger partial charge in [0, 0.05) is 38.2 Å². The maximum Gasteiger partial charge on any atom is 0.310 e. The van der Waals surface area contributed by atoms with E-state index in [2.05, 4.69) is 41.2 Å². The van der Waals surface area contributed by atoms with Crippen LogP contribution in [0.5, 0.6) is 5.75 Å². The minimum absolute atomic E-state index is 0.00440. The second kappa shape index (κ2) is 10.7. The number of aliphatic carboxylic acids is 1. The molecule has 2 heterocycles. The number of benzene rings is 3. The fourth-order valence-electron chi connectivity index (χ4n) is 5.88. The maximum atomic E-state index is 14.1. The highest BCUT2D eigenvalue weighted by molar-refractivity contribution is 5.81. The molecule has 0 amide bonds. The van der Waals surface area contributed by atoms with E-state index in [-0.39, 0.29) is 11.9 Å². The second-order valence-electron chi connectivity index (χ2n) is 11.6. The van der Waals surface area contributed by atoms with E-state index < -0.39 is 17.3 Å². The summed E-state index contributed by atoms with van der Waals surface area (Å²) in [6.45, 7) is 11.6. The van der Waals surface area contributed by atoms with Gasteiger partial charge in [-0.05, 0) is 86.2 Å². The molecule has 0 bridgehead atoms. The average molecular weight is 545 g/mol. The number of hydrogen-bond donors (Lipinski definition) is 1. The minimum atomic E-state index is -1.09. The van der Waals surface area contributed by atoms with Gasteiger partial charge >= 0.3 is 5.97 Å². The fourth-order valence-corrected chi connectivity index (χ4v) is 5.88. The quantitative estimate of drug-likeness (QED) is 0.301. The summed E-state index contributed by atoms with van der Waals surface area (Å²) in [6, 6.07) is 15.0. The standard InChI is InChI=1S/C32H37FN4O3/c1-7-25-18-37(17-23-15-24(33)10-13-28(23)40-25)16-22-14-21(9-8-19(22)2)29(32(4,5)31(38)39)26-11-12-27-30(20(26)3)34-35-36(27)6/h8-15,25,29H,7,16-18H2,1-6H3,(H,38,39). The molecule has 2 atom stereocenters. The fraction of sp³-hybridized carbons (Fsp3) is 0.406. The van der Waals surface area contributed by atoms with E-state index >= 15 is 0 Å². The van der Waals surface area contributed by atoms with E-state index in [1.807, 2.05) is 32.2 Å². The summed E-state index contributed by atoms with van der Waals surface area (Å²) in [5, 5.41) is 18.9. The number of ether oxygens (including phenoxy) is 1. The number of halogens is 1. The number of carboxylic acids is 1. The average Bonchev–Trinajstić information content (AvgIpc) is 3.19. The van der Waals surface area contributed by atoms with Crippen LogP contribution in [-0.4, -0.2) is 43.6 Å². The molecule has 5 rings (SSSR count). The summed E-state index contributed by atoms with van der Waals surface area (Å²) in [7, 11) is 1.85. The molecule has 210 valence electrons. The van der Waals surface area contributed by atoms with Crippen molar-refractivity contribution in [1.29, 1.82) is 0 Å². The first kappa shape index (κ1) is 27.8. The third-order valence-electron chi connectivity index (χ3n) is 8.39. The third kappa shape index (κ3) is 5.08. The highest BCUT2D eigenvalue weighted by atomic mass is 19.1. The van der Waals surface area contributed by atoms with Crippen LogP contribution in [0.2, 0.25) is 0 Å². The summed E-state index contributed by atoms with van der Waals surface area (Å²) in [5.41, 5.74) is 6.45. The highest BCUT2D eigenvalue weighted by Crippen LogP contribution is 2.44. The number of nitrogens with zero attached hydrogens (tertiary/aromatic N) is 4. The molecule has 7 nitrogen and oxygen atoms in total. The lowest BCUT2D eigenvalue weighted by Gasteiger charge is -2.33. The van der Waals surface area contributed by atoms with Crippen LogP contribution in [0.25, 0.3) is 11.0 Å². The molecule has 4 aromatic rings. The normalized spacial score (nSPS) is 16.8. The molecule has 40 heavy (non-hydrogen) atoms. The Kier molecular flexibility index (Phi) is 7.40. The lowest BCUT2D eigenvalue weighted by Crippen LogP contribution is -2.33. The second-order valence-corrected chi connectivity index (χ2v) is 11.6. The topological polar surface area (TPSA) is 80.5 Å². The molecule has 1 aliphatic rings. The van der Waals surface area contributed by atoms with Gasteiger partial charge in [-0.1, -0.05) is 36.4 Å². The molecule has 8 heteroatoms. The third-order valence-corrected chi connectivity index (χ3v) is 8.39. The summed E-state index contributed by atoms with van der Waals surface area (Å²) in [5.74, 6) is -0.822. The summed E-state index contributed by atoms with van der Waals surface area (Å²) in [4.78, 5) is 14.9. The predicted octanol–water partition coefficient (Wildman–Crippen LogP) is 6.14. The Morgan fingerprint density at radius 3 is 2.67 bits per heavy atom. The first-order valence-electron chi connectivity index (χ1n) is 13.8. The number of aromatic nitrogens is 3. The predicted molar refractivity (Wildman–Crippen MR) is 153 cm³/mol. The van der Waals surface area contributed by atoms with Crippen LogP contribution in [0.4, 0.5) is 4.39 Å². The van der Waals surface area contributed by atoms with Gasteiger partial charge in [-0.3, -0.25) is 9.69 Å². The van der Waals surface area contributed by atoms with Gasteiger partial charge in [0.2, 0.25) is 0 Å². The van der Waals surface area contributed by atoms with Crippen molar-refractivity contribution in [2.75, 3.05) is 6.54 Å². The monoisotopic (exact) mass is 544 g/mol. The summed E-state index contributed by atoms with van der Waals surface area (Å²) < 4.78 is 22.0. The van der Waals surface area contributed by atoms with Crippen molar-refractivity contribution < 1.29 is 19.0 Å². The van der Waals surface area contributed by atoms with E-state index in [0.29, 0.717) is 19.6 Å². The largest absolute Gasteiger partial charge is 0.489 e. The molecule has 1 aromatic heterocycles. The number of aryl methyl sites for hydroxylation is 3. The Bertz CT molecular complexity index is 1580. The Labute approximate surface area is 234 Å². The maximum absolute atomic E-state index is 14.1. The first-order chi connectivity index (χ1) is 19.0. The molecule has 0 aliphatic carbocycles. The van der Waals surface area contributed by atoms with E-state index in [1.54, 1.807) is 30.7 Å². The van der Waals surface area contributed by atoms with Crippen molar-refractivity contribution in [2.24, 2.45) is 12.5 Å². The minimum Gasteiger partial charge on any atom is -0.489 e. The van der Waals surface area contributed by atoms with Crippen LogP contribution in [-0.2, 0) is 24.9 Å². The molecule has 1 N–H and O–H groups in total. The van der Waals surface area contributed by atoms with Gasteiger partial charge in [0.05, 0.1) is 10.9 Å². The molecule has 0 radical (unpaired) electrons. The van der Waals surface area contributed by atoms with Gasteiger partial charge in [-0.15, -0.1) is 5.10 Å². The SMILES string of the molecule is CCC1CN(Cc2cc(C(c3ccc4c(nnn4C)c3C)C(C)(C)C(=O)O)ccc2C)Cc2cc(F)ccc2O1. The smallest absolute Gasteiger partial charge is 0.310 e. The van der Waals surface area contributed by atoms with Crippen molar-refractivity contribution in [3.05, 3.63) is 87.7 Å². The van der Waals surface area contributed by atoms with Gasteiger partial charge in [0.15, 0.2) is 0 Å². The van der Waals surface area contributed by atoms with E-state index in [4.69, 9.17) is 4.74 Å². The zero-order valence-corrected chi connectivity index (χ0v) is 24.0. The van der Waals surface area contributed by atoms with Gasteiger partial charge in [-0.25, -0.2) is 9.07 Å². The van der Waals surface area contributed by atoms with Gasteiger partial charge in [0.25, 0.3) is 0 Å². The highest BCUT2D eigenvalue weighted by Gasteiger charge is 2.40. The van der Waals surface area contributed by atoms with Gasteiger partial charge < -0.3 is 9.84 Å². The lowest BCUT2D eigenvalue weighted by molar-refractivity contribution is -0.147. The van der Waals surface area contributed by atoms with Crippen LogP contribution in [0, 0.1) is 25.1 Å². The van der Waals surface area contributed by atoms with Crippen LogP contribution in [0.1, 0.15) is 66.5 Å². The number of fused-ring (bicyclic) bond motifs is 2. The van der Waals surface area contributed by atoms with Crippen molar-refractivity contribution in [3.63, 3.8) is 0 Å². The molecule has 3 aromatic carbocycles. The van der Waals surface area contributed by atoms with Crippen LogP contribution in [0.3, 0.4) is 0 Å². The molecule has 2 unspecified atom stereocenters. The van der Waals surface area contributed by atoms with E-state index in [9.17, 15) is 14.3 Å². The van der Waals surface area contributed by atoms with Crippen molar-refractivity contribution in [2.45, 2.75) is 66.2 Å². The van der Waals surface area contributed by atoms with Crippen molar-refractivity contribution in [1.82, 2.24) is 19.9 Å². The number of rotatable bonds is 7. The zero-order chi connectivity index (χ0) is 28.8. The van der Waals surface area contributed by atoms with Crippen molar-refractivity contribution >= 4 is 17.0 Å². The molecule has 0 saturated carbocycles.